The Kier molecular flexibility index (Phi) is 4.61. The van der Waals surface area contributed by atoms with Gasteiger partial charge in [0.05, 0.1) is 17.0 Å². The van der Waals surface area contributed by atoms with Crippen LogP contribution in [0.3, 0.4) is 0 Å². The van der Waals surface area contributed by atoms with E-state index in [1.165, 1.54) is 0 Å². The van der Waals surface area contributed by atoms with Gasteiger partial charge in [-0.25, -0.2) is 9.97 Å². The van der Waals surface area contributed by atoms with Gasteiger partial charge < -0.3 is 5.32 Å². The number of aromatic nitrogens is 2. The van der Waals surface area contributed by atoms with E-state index < -0.39 is 0 Å². The van der Waals surface area contributed by atoms with E-state index in [4.69, 9.17) is 0 Å². The Morgan fingerprint density at radius 2 is 1.71 bits per heavy atom. The monoisotopic (exact) mass is 235 g/mol. The molecule has 1 amide bonds. The van der Waals surface area contributed by atoms with E-state index in [1.807, 2.05) is 20.8 Å². The molecule has 0 aromatic carbocycles. The maximum atomic E-state index is 12.0. The average molecular weight is 235 g/mol. The number of nitrogens with one attached hydrogen (secondary N) is 1. The van der Waals surface area contributed by atoms with Crippen LogP contribution in [0.1, 0.15) is 47.8 Å². The Morgan fingerprint density at radius 3 is 2.18 bits per heavy atom. The molecular weight excluding hydrogens is 214 g/mol. The first-order valence-corrected chi connectivity index (χ1v) is 6.02. The topological polar surface area (TPSA) is 54.9 Å². The predicted octanol–water partition coefficient (Wildman–Crippen LogP) is 2.18. The molecule has 0 aliphatic carbocycles. The van der Waals surface area contributed by atoms with Crippen molar-refractivity contribution < 1.29 is 4.79 Å². The van der Waals surface area contributed by atoms with Crippen molar-refractivity contribution in [3.8, 4) is 0 Å². The van der Waals surface area contributed by atoms with Crippen molar-refractivity contribution in [1.82, 2.24) is 15.3 Å². The van der Waals surface area contributed by atoms with Crippen LogP contribution in [0.4, 0.5) is 0 Å². The van der Waals surface area contributed by atoms with Crippen LogP contribution in [-0.4, -0.2) is 22.4 Å². The third kappa shape index (κ3) is 3.80. The number of aryl methyl sites for hydroxylation is 3. The minimum absolute atomic E-state index is 0.0688. The van der Waals surface area contributed by atoms with Crippen LogP contribution in [0.25, 0.3) is 0 Å². The van der Waals surface area contributed by atoms with Gasteiger partial charge in [-0.2, -0.15) is 0 Å². The number of hydrogen-bond donors (Lipinski definition) is 1. The fraction of sp³-hybridized carbons (Fsp3) is 0.615. The first kappa shape index (κ1) is 13.6. The summed E-state index contributed by atoms with van der Waals surface area (Å²) in [5.41, 5.74) is 2.11. The van der Waals surface area contributed by atoms with Gasteiger partial charge in [-0.3, -0.25) is 4.79 Å². The molecule has 17 heavy (non-hydrogen) atoms. The molecule has 0 atom stereocenters. The van der Waals surface area contributed by atoms with E-state index in [2.05, 4.69) is 29.1 Å². The number of carbonyl (C=O) groups excluding carboxylic acids is 1. The summed E-state index contributed by atoms with van der Waals surface area (Å²) < 4.78 is 0. The van der Waals surface area contributed by atoms with Gasteiger partial charge in [0, 0.05) is 6.54 Å². The van der Waals surface area contributed by atoms with Crippen molar-refractivity contribution in [2.75, 3.05) is 6.54 Å². The molecule has 0 saturated heterocycles. The van der Waals surface area contributed by atoms with Crippen molar-refractivity contribution in [2.24, 2.45) is 5.92 Å². The van der Waals surface area contributed by atoms with E-state index in [1.54, 1.807) is 0 Å². The SMILES string of the molecule is Cc1nc(C)c(C(=O)NCCC(C)C)c(C)n1. The molecule has 1 aromatic heterocycles. The predicted molar refractivity (Wildman–Crippen MR) is 68.0 cm³/mol. The standard InChI is InChI=1S/C13H21N3O/c1-8(2)6-7-14-13(17)12-9(3)15-11(5)16-10(12)4/h8H,6-7H2,1-5H3,(H,14,17). The molecule has 4 heteroatoms. The fourth-order valence-electron chi connectivity index (χ4n) is 1.78. The molecule has 0 unspecified atom stereocenters. The van der Waals surface area contributed by atoms with Crippen molar-refractivity contribution in [3.63, 3.8) is 0 Å². The highest BCUT2D eigenvalue weighted by Gasteiger charge is 2.14. The highest BCUT2D eigenvalue weighted by Crippen LogP contribution is 2.10. The second kappa shape index (κ2) is 5.75. The lowest BCUT2D eigenvalue weighted by molar-refractivity contribution is 0.0950. The smallest absolute Gasteiger partial charge is 0.254 e. The lowest BCUT2D eigenvalue weighted by Gasteiger charge is -2.11. The number of amides is 1. The molecular formula is C13H21N3O. The third-order valence-electron chi connectivity index (χ3n) is 2.62. The molecule has 0 aliphatic heterocycles. The summed E-state index contributed by atoms with van der Waals surface area (Å²) in [7, 11) is 0. The van der Waals surface area contributed by atoms with Crippen molar-refractivity contribution >= 4 is 5.91 Å². The second-order valence-corrected chi connectivity index (χ2v) is 4.76. The minimum atomic E-state index is -0.0688. The van der Waals surface area contributed by atoms with E-state index in [9.17, 15) is 4.79 Å². The normalized spacial score (nSPS) is 10.7. The second-order valence-electron chi connectivity index (χ2n) is 4.76. The molecule has 1 heterocycles. The third-order valence-corrected chi connectivity index (χ3v) is 2.62. The maximum absolute atomic E-state index is 12.0. The van der Waals surface area contributed by atoms with Crippen LogP contribution in [-0.2, 0) is 0 Å². The Bertz CT molecular complexity index is 390. The molecule has 94 valence electrons. The summed E-state index contributed by atoms with van der Waals surface area (Å²) in [6.45, 7) is 10.5. The molecule has 1 N–H and O–H groups in total. The summed E-state index contributed by atoms with van der Waals surface area (Å²) in [5.74, 6) is 1.23. The van der Waals surface area contributed by atoms with Crippen molar-refractivity contribution in [1.29, 1.82) is 0 Å². The zero-order valence-electron chi connectivity index (χ0n) is 11.3. The van der Waals surface area contributed by atoms with Crippen LogP contribution >= 0.6 is 0 Å². The zero-order valence-corrected chi connectivity index (χ0v) is 11.3. The molecule has 0 spiro atoms. The number of rotatable bonds is 4. The summed E-state index contributed by atoms with van der Waals surface area (Å²) in [6.07, 6.45) is 0.983. The maximum Gasteiger partial charge on any atom is 0.254 e. The van der Waals surface area contributed by atoms with Crippen LogP contribution in [0.5, 0.6) is 0 Å². The lowest BCUT2D eigenvalue weighted by Crippen LogP contribution is -2.27. The molecule has 0 radical (unpaired) electrons. The number of nitrogens with zero attached hydrogens (tertiary/aromatic N) is 2. The number of hydrogen-bond acceptors (Lipinski definition) is 3. The van der Waals surface area contributed by atoms with E-state index in [0.29, 0.717) is 23.9 Å². The first-order chi connectivity index (χ1) is 7.91. The van der Waals surface area contributed by atoms with E-state index in [-0.39, 0.29) is 5.91 Å². The first-order valence-electron chi connectivity index (χ1n) is 6.02. The summed E-state index contributed by atoms with van der Waals surface area (Å²) in [4.78, 5) is 20.4. The van der Waals surface area contributed by atoms with Gasteiger partial charge in [-0.1, -0.05) is 13.8 Å². The average Bonchev–Trinajstić information content (AvgIpc) is 2.14. The Hall–Kier alpha value is -1.45. The number of carbonyl (C=O) groups is 1. The highest BCUT2D eigenvalue weighted by atomic mass is 16.1. The summed E-state index contributed by atoms with van der Waals surface area (Å²) in [6, 6.07) is 0. The minimum Gasteiger partial charge on any atom is -0.352 e. The van der Waals surface area contributed by atoms with Gasteiger partial charge in [0.25, 0.3) is 5.91 Å². The van der Waals surface area contributed by atoms with E-state index >= 15 is 0 Å². The molecule has 1 aromatic rings. The van der Waals surface area contributed by atoms with Gasteiger partial charge in [0.2, 0.25) is 0 Å². The largest absolute Gasteiger partial charge is 0.352 e. The van der Waals surface area contributed by atoms with Gasteiger partial charge in [0.1, 0.15) is 5.82 Å². The van der Waals surface area contributed by atoms with E-state index in [0.717, 1.165) is 17.8 Å². The molecule has 4 nitrogen and oxygen atoms in total. The van der Waals surface area contributed by atoms with Gasteiger partial charge >= 0.3 is 0 Å². The van der Waals surface area contributed by atoms with Crippen molar-refractivity contribution in [2.45, 2.75) is 41.0 Å². The lowest BCUT2D eigenvalue weighted by atomic mass is 10.1. The zero-order chi connectivity index (χ0) is 13.0. The molecule has 0 aliphatic rings. The molecule has 0 bridgehead atoms. The Balaban J connectivity index is 2.76. The molecule has 0 fully saturated rings. The van der Waals surface area contributed by atoms with Gasteiger partial charge in [0.15, 0.2) is 0 Å². The van der Waals surface area contributed by atoms with Gasteiger partial charge in [-0.15, -0.1) is 0 Å². The fourth-order valence-corrected chi connectivity index (χ4v) is 1.78. The van der Waals surface area contributed by atoms with Crippen LogP contribution in [0.2, 0.25) is 0 Å². The summed E-state index contributed by atoms with van der Waals surface area (Å²) >= 11 is 0. The van der Waals surface area contributed by atoms with Gasteiger partial charge in [-0.05, 0) is 33.1 Å². The summed E-state index contributed by atoms with van der Waals surface area (Å²) in [5, 5.41) is 2.91. The van der Waals surface area contributed by atoms with Crippen LogP contribution < -0.4 is 5.32 Å². The molecule has 1 rings (SSSR count). The van der Waals surface area contributed by atoms with Crippen LogP contribution in [0.15, 0.2) is 0 Å². The van der Waals surface area contributed by atoms with Crippen LogP contribution in [0, 0.1) is 26.7 Å². The Labute approximate surface area is 103 Å². The quantitative estimate of drug-likeness (QED) is 0.870. The highest BCUT2D eigenvalue weighted by molar-refractivity contribution is 5.96. The molecule has 0 saturated carbocycles. The Morgan fingerprint density at radius 1 is 1.18 bits per heavy atom. The van der Waals surface area contributed by atoms with Crippen molar-refractivity contribution in [3.05, 3.63) is 22.8 Å².